The SMILES string of the molecule is Cc1ccc(S(=O)(=O)n2cc(-c3ccc4ocnc4c3)c3cc(-c4ccc(CN5CCCC(O)C5)cc4)cnc32)cc1. The molecule has 4 heterocycles. The number of rotatable bonds is 6. The molecule has 1 unspecified atom stereocenters. The van der Waals surface area contributed by atoms with Crippen molar-refractivity contribution in [1.82, 2.24) is 18.8 Å². The fourth-order valence-electron chi connectivity index (χ4n) is 5.74. The van der Waals surface area contributed by atoms with E-state index in [0.29, 0.717) is 23.3 Å². The topological polar surface area (TPSA) is 101 Å². The molecule has 6 aromatic rings. The molecule has 42 heavy (non-hydrogen) atoms. The maximum absolute atomic E-state index is 13.8. The van der Waals surface area contributed by atoms with E-state index in [1.54, 1.807) is 36.7 Å². The van der Waals surface area contributed by atoms with Crippen LogP contribution in [0, 0.1) is 6.92 Å². The van der Waals surface area contributed by atoms with Gasteiger partial charge in [-0.05, 0) is 73.3 Å². The van der Waals surface area contributed by atoms with Gasteiger partial charge in [0.1, 0.15) is 5.52 Å². The summed E-state index contributed by atoms with van der Waals surface area (Å²) < 4.78 is 34.3. The minimum Gasteiger partial charge on any atom is -0.443 e. The molecule has 3 aromatic heterocycles. The molecule has 1 N–H and O–H groups in total. The molecular weight excluding hydrogens is 548 g/mol. The number of hydrogen-bond donors (Lipinski definition) is 1. The third-order valence-electron chi connectivity index (χ3n) is 8.01. The van der Waals surface area contributed by atoms with Crippen LogP contribution in [-0.4, -0.2) is 51.6 Å². The number of aromatic nitrogens is 3. The molecule has 212 valence electrons. The minimum atomic E-state index is -3.90. The maximum Gasteiger partial charge on any atom is 0.269 e. The van der Waals surface area contributed by atoms with Crippen molar-refractivity contribution in [1.29, 1.82) is 0 Å². The van der Waals surface area contributed by atoms with Crippen LogP contribution >= 0.6 is 0 Å². The smallest absolute Gasteiger partial charge is 0.269 e. The normalized spacial score (nSPS) is 16.4. The fraction of sp³-hybridized carbons (Fsp3) is 0.212. The van der Waals surface area contributed by atoms with Crippen molar-refractivity contribution in [2.24, 2.45) is 0 Å². The van der Waals surface area contributed by atoms with Gasteiger partial charge in [-0.1, -0.05) is 48.0 Å². The number of aliphatic hydroxyl groups excluding tert-OH is 1. The zero-order valence-electron chi connectivity index (χ0n) is 23.1. The zero-order valence-corrected chi connectivity index (χ0v) is 24.0. The van der Waals surface area contributed by atoms with Crippen molar-refractivity contribution in [3.63, 3.8) is 0 Å². The van der Waals surface area contributed by atoms with Crippen molar-refractivity contribution >= 4 is 32.2 Å². The predicted octanol–water partition coefficient (Wildman–Crippen LogP) is 6.01. The molecule has 0 aliphatic carbocycles. The Morgan fingerprint density at radius 1 is 0.952 bits per heavy atom. The van der Waals surface area contributed by atoms with E-state index < -0.39 is 10.0 Å². The van der Waals surface area contributed by atoms with Crippen LogP contribution in [0.1, 0.15) is 24.0 Å². The summed E-state index contributed by atoms with van der Waals surface area (Å²) in [6.07, 6.45) is 6.40. The van der Waals surface area contributed by atoms with Gasteiger partial charge in [0.15, 0.2) is 17.6 Å². The van der Waals surface area contributed by atoms with Crippen LogP contribution in [0.15, 0.2) is 101 Å². The van der Waals surface area contributed by atoms with Gasteiger partial charge in [-0.15, -0.1) is 0 Å². The number of nitrogens with zero attached hydrogens (tertiary/aromatic N) is 4. The van der Waals surface area contributed by atoms with Crippen molar-refractivity contribution in [2.75, 3.05) is 13.1 Å². The molecule has 8 nitrogen and oxygen atoms in total. The third-order valence-corrected chi connectivity index (χ3v) is 9.67. The van der Waals surface area contributed by atoms with Gasteiger partial charge in [0.05, 0.1) is 11.0 Å². The van der Waals surface area contributed by atoms with Gasteiger partial charge in [-0.25, -0.2) is 22.4 Å². The fourth-order valence-corrected chi connectivity index (χ4v) is 7.06. The molecule has 1 atom stereocenters. The number of fused-ring (bicyclic) bond motifs is 2. The lowest BCUT2D eigenvalue weighted by molar-refractivity contribution is 0.0668. The number of β-amino-alcohol motifs (C(OH)–C–C–N with tert-alkyl or cyclic N) is 1. The highest BCUT2D eigenvalue weighted by Gasteiger charge is 2.24. The first-order valence-corrected chi connectivity index (χ1v) is 15.5. The second kappa shape index (κ2) is 10.5. The molecule has 0 amide bonds. The summed E-state index contributed by atoms with van der Waals surface area (Å²) in [4.78, 5) is 11.5. The third kappa shape index (κ3) is 4.89. The highest BCUT2D eigenvalue weighted by atomic mass is 32.2. The Morgan fingerprint density at radius 3 is 2.52 bits per heavy atom. The first kappa shape index (κ1) is 26.6. The molecule has 1 saturated heterocycles. The minimum absolute atomic E-state index is 0.200. The molecule has 0 bridgehead atoms. The Bertz CT molecular complexity index is 2010. The van der Waals surface area contributed by atoms with Crippen molar-refractivity contribution in [2.45, 2.75) is 37.3 Å². The summed E-state index contributed by atoms with van der Waals surface area (Å²) in [5.74, 6) is 0. The molecule has 7 rings (SSSR count). The first-order valence-electron chi connectivity index (χ1n) is 14.0. The lowest BCUT2D eigenvalue weighted by atomic mass is 10.0. The van der Waals surface area contributed by atoms with Gasteiger partial charge in [-0.2, -0.15) is 0 Å². The Balaban J connectivity index is 1.31. The van der Waals surface area contributed by atoms with Gasteiger partial charge in [-0.3, -0.25) is 4.90 Å². The number of aryl methyl sites for hydroxylation is 1. The Kier molecular flexibility index (Phi) is 6.65. The molecule has 1 aliphatic rings. The van der Waals surface area contributed by atoms with Gasteiger partial charge in [0.2, 0.25) is 0 Å². The molecule has 9 heteroatoms. The van der Waals surface area contributed by atoms with E-state index in [0.717, 1.165) is 59.1 Å². The van der Waals surface area contributed by atoms with Gasteiger partial charge < -0.3 is 9.52 Å². The van der Waals surface area contributed by atoms with E-state index in [1.807, 2.05) is 31.2 Å². The first-order chi connectivity index (χ1) is 20.3. The summed E-state index contributed by atoms with van der Waals surface area (Å²) >= 11 is 0. The van der Waals surface area contributed by atoms with E-state index in [9.17, 15) is 13.5 Å². The van der Waals surface area contributed by atoms with Crippen LogP contribution < -0.4 is 0 Å². The van der Waals surface area contributed by atoms with E-state index in [-0.39, 0.29) is 11.0 Å². The maximum atomic E-state index is 13.8. The van der Waals surface area contributed by atoms with Crippen LogP contribution in [0.25, 0.3) is 44.4 Å². The van der Waals surface area contributed by atoms with Crippen LogP contribution in [0.2, 0.25) is 0 Å². The number of oxazole rings is 1. The lowest BCUT2D eigenvalue weighted by Crippen LogP contribution is -2.37. The summed E-state index contributed by atoms with van der Waals surface area (Å²) in [6, 6.07) is 22.8. The summed E-state index contributed by atoms with van der Waals surface area (Å²) in [5.41, 5.74) is 7.29. The average Bonchev–Trinajstić information content (AvgIpc) is 3.62. The van der Waals surface area contributed by atoms with E-state index in [4.69, 9.17) is 9.40 Å². The largest absolute Gasteiger partial charge is 0.443 e. The number of aliphatic hydroxyl groups is 1. The number of piperidine rings is 1. The van der Waals surface area contributed by atoms with Crippen molar-refractivity contribution in [3.05, 3.63) is 103 Å². The highest BCUT2D eigenvalue weighted by molar-refractivity contribution is 7.90. The lowest BCUT2D eigenvalue weighted by Gasteiger charge is -2.29. The average molecular weight is 579 g/mol. The van der Waals surface area contributed by atoms with Crippen LogP contribution in [0.5, 0.6) is 0 Å². The van der Waals surface area contributed by atoms with Crippen LogP contribution in [0.4, 0.5) is 0 Å². The Morgan fingerprint density at radius 2 is 1.74 bits per heavy atom. The molecule has 0 saturated carbocycles. The van der Waals surface area contributed by atoms with Gasteiger partial charge in [0.25, 0.3) is 10.0 Å². The van der Waals surface area contributed by atoms with Gasteiger partial charge in [0, 0.05) is 42.0 Å². The molecule has 0 radical (unpaired) electrons. The van der Waals surface area contributed by atoms with E-state index in [2.05, 4.69) is 34.1 Å². The number of likely N-dealkylation sites (tertiary alicyclic amines) is 1. The zero-order chi connectivity index (χ0) is 28.8. The van der Waals surface area contributed by atoms with Crippen LogP contribution in [0.3, 0.4) is 0 Å². The quantitative estimate of drug-likeness (QED) is 0.258. The second-order valence-electron chi connectivity index (χ2n) is 11.0. The highest BCUT2D eigenvalue weighted by Crippen LogP contribution is 2.36. The van der Waals surface area contributed by atoms with Crippen LogP contribution in [-0.2, 0) is 16.6 Å². The molecule has 1 aliphatic heterocycles. The number of benzene rings is 3. The van der Waals surface area contributed by atoms with Crippen molar-refractivity contribution < 1.29 is 17.9 Å². The van der Waals surface area contributed by atoms with E-state index in [1.165, 1.54) is 15.9 Å². The summed E-state index contributed by atoms with van der Waals surface area (Å²) in [6.45, 7) is 4.41. The molecule has 1 fully saturated rings. The summed E-state index contributed by atoms with van der Waals surface area (Å²) in [5, 5.41) is 10.7. The molecular formula is C33H30N4O4S. The number of hydrogen-bond acceptors (Lipinski definition) is 7. The number of pyridine rings is 1. The van der Waals surface area contributed by atoms with E-state index >= 15 is 0 Å². The summed E-state index contributed by atoms with van der Waals surface area (Å²) in [7, 11) is -3.90. The molecule has 3 aromatic carbocycles. The Labute approximate surface area is 243 Å². The predicted molar refractivity (Wildman–Crippen MR) is 162 cm³/mol. The standard InChI is InChI=1S/C33H30N4O4S/c1-22-4-11-28(12-5-22)42(39,40)37-20-30(25-10-13-32-31(16-25)35-21-41-32)29-15-26(17-34-33(29)37)24-8-6-23(7-9-24)18-36-14-2-3-27(38)19-36/h4-13,15-17,20-21,27,38H,2-3,14,18-19H2,1H3. The monoisotopic (exact) mass is 578 g/mol. The Hall–Kier alpha value is -4.31. The van der Waals surface area contributed by atoms with Gasteiger partial charge >= 0.3 is 0 Å². The second-order valence-corrected chi connectivity index (χ2v) is 12.8. The van der Waals surface area contributed by atoms with Crippen molar-refractivity contribution in [3.8, 4) is 22.3 Å². The molecule has 0 spiro atoms.